The lowest BCUT2D eigenvalue weighted by molar-refractivity contribution is -0.118. The first kappa shape index (κ1) is 17.7. The van der Waals surface area contributed by atoms with Gasteiger partial charge in [-0.15, -0.1) is 0 Å². The van der Waals surface area contributed by atoms with Gasteiger partial charge in [-0.3, -0.25) is 9.59 Å². The highest BCUT2D eigenvalue weighted by Crippen LogP contribution is 2.13. The zero-order chi connectivity index (χ0) is 17.7. The van der Waals surface area contributed by atoms with E-state index >= 15 is 0 Å². The molecule has 24 heavy (non-hydrogen) atoms. The molecule has 2 N–H and O–H groups in total. The van der Waals surface area contributed by atoms with Crippen molar-refractivity contribution in [2.75, 3.05) is 5.32 Å². The number of carbonyl (C=O) groups is 2. The number of carbonyl (C=O) groups excluding carboxylic acids is 2. The smallest absolute Gasteiger partial charge is 0.254 e. The fourth-order valence-electron chi connectivity index (χ4n) is 2.34. The second-order valence-electron chi connectivity index (χ2n) is 6.03. The first-order chi connectivity index (χ1) is 11.4. The zero-order valence-corrected chi connectivity index (χ0v) is 14.0. The number of hydrogen-bond acceptors (Lipinski definition) is 2. The predicted octanol–water partition coefficient (Wildman–Crippen LogP) is 3.53. The largest absolute Gasteiger partial charge is 0.340 e. The standard InChI is InChI=1S/C19H21FN2O2/c1-12(2)17(19(24)21-14-8-6-7-13(3)11-14)22-18(23)15-9-4-5-10-16(15)20/h4-12,17H,1-3H3,(H,21,24)(H,22,23)/t17-/m0/s1. The van der Waals surface area contributed by atoms with Crippen molar-refractivity contribution in [3.05, 3.63) is 65.5 Å². The summed E-state index contributed by atoms with van der Waals surface area (Å²) in [6.45, 7) is 5.57. The molecule has 0 bridgehead atoms. The summed E-state index contributed by atoms with van der Waals surface area (Å²) in [5, 5.41) is 5.41. The second kappa shape index (κ2) is 7.73. The van der Waals surface area contributed by atoms with Gasteiger partial charge in [-0.25, -0.2) is 4.39 Å². The highest BCUT2D eigenvalue weighted by Gasteiger charge is 2.25. The minimum atomic E-state index is -0.766. The molecule has 2 rings (SSSR count). The van der Waals surface area contributed by atoms with Crippen molar-refractivity contribution in [3.8, 4) is 0 Å². The average Bonchev–Trinajstić information content (AvgIpc) is 2.52. The van der Waals surface area contributed by atoms with E-state index in [4.69, 9.17) is 0 Å². The normalized spacial score (nSPS) is 11.9. The van der Waals surface area contributed by atoms with Crippen LogP contribution in [0.2, 0.25) is 0 Å². The van der Waals surface area contributed by atoms with Gasteiger partial charge in [0, 0.05) is 5.69 Å². The van der Waals surface area contributed by atoms with Crippen molar-refractivity contribution < 1.29 is 14.0 Å². The number of aryl methyl sites for hydroxylation is 1. The number of halogens is 1. The summed E-state index contributed by atoms with van der Waals surface area (Å²) in [6, 6.07) is 12.3. The topological polar surface area (TPSA) is 58.2 Å². The van der Waals surface area contributed by atoms with Gasteiger partial charge in [0.25, 0.3) is 5.91 Å². The van der Waals surface area contributed by atoms with Crippen LogP contribution in [0.1, 0.15) is 29.8 Å². The van der Waals surface area contributed by atoms with Crippen molar-refractivity contribution in [1.82, 2.24) is 5.32 Å². The molecule has 0 aliphatic heterocycles. The Morgan fingerprint density at radius 1 is 1.04 bits per heavy atom. The van der Waals surface area contributed by atoms with Crippen molar-refractivity contribution in [3.63, 3.8) is 0 Å². The van der Waals surface area contributed by atoms with Crippen molar-refractivity contribution in [2.45, 2.75) is 26.8 Å². The maximum absolute atomic E-state index is 13.7. The summed E-state index contributed by atoms with van der Waals surface area (Å²) in [5.41, 5.74) is 1.60. The molecule has 0 aliphatic carbocycles. The Labute approximate surface area is 141 Å². The molecule has 0 unspecified atom stereocenters. The van der Waals surface area contributed by atoms with E-state index in [1.807, 2.05) is 39.0 Å². The molecule has 4 nitrogen and oxygen atoms in total. The summed E-state index contributed by atoms with van der Waals surface area (Å²) in [7, 11) is 0. The van der Waals surface area contributed by atoms with Crippen molar-refractivity contribution in [2.24, 2.45) is 5.92 Å². The van der Waals surface area contributed by atoms with Crippen molar-refractivity contribution >= 4 is 17.5 Å². The van der Waals surface area contributed by atoms with E-state index in [1.165, 1.54) is 18.2 Å². The molecule has 0 saturated carbocycles. The van der Waals surface area contributed by atoms with Gasteiger partial charge in [-0.2, -0.15) is 0 Å². The van der Waals surface area contributed by atoms with Crippen LogP contribution in [0.4, 0.5) is 10.1 Å². The molecule has 0 saturated heterocycles. The molecule has 0 aromatic heterocycles. The van der Waals surface area contributed by atoms with E-state index in [1.54, 1.807) is 12.1 Å². The Kier molecular flexibility index (Phi) is 5.68. The van der Waals surface area contributed by atoms with E-state index < -0.39 is 17.8 Å². The Morgan fingerprint density at radius 2 is 1.75 bits per heavy atom. The molecule has 1 atom stereocenters. The van der Waals surface area contributed by atoms with E-state index in [0.29, 0.717) is 5.69 Å². The van der Waals surface area contributed by atoms with Crippen LogP contribution >= 0.6 is 0 Å². The lowest BCUT2D eigenvalue weighted by Crippen LogP contribution is -2.47. The summed E-state index contributed by atoms with van der Waals surface area (Å²) in [5.74, 6) is -1.70. The summed E-state index contributed by atoms with van der Waals surface area (Å²) < 4.78 is 13.7. The number of benzene rings is 2. The van der Waals surface area contributed by atoms with Crippen LogP contribution in [-0.4, -0.2) is 17.9 Å². The van der Waals surface area contributed by atoms with E-state index in [0.717, 1.165) is 5.56 Å². The highest BCUT2D eigenvalue weighted by molar-refractivity contribution is 6.01. The summed E-state index contributed by atoms with van der Waals surface area (Å²) in [6.07, 6.45) is 0. The molecule has 5 heteroatoms. The number of hydrogen-bond donors (Lipinski definition) is 2. The third-order valence-corrected chi connectivity index (χ3v) is 3.64. The molecular formula is C19H21FN2O2. The van der Waals surface area contributed by atoms with Crippen LogP contribution in [0.15, 0.2) is 48.5 Å². The Hall–Kier alpha value is -2.69. The highest BCUT2D eigenvalue weighted by atomic mass is 19.1. The molecule has 2 aromatic rings. The minimum Gasteiger partial charge on any atom is -0.340 e. The lowest BCUT2D eigenvalue weighted by Gasteiger charge is -2.22. The fraction of sp³-hybridized carbons (Fsp3) is 0.263. The molecule has 2 aromatic carbocycles. The van der Waals surface area contributed by atoms with Gasteiger partial charge in [0.05, 0.1) is 5.56 Å². The minimum absolute atomic E-state index is 0.0773. The van der Waals surface area contributed by atoms with Gasteiger partial charge < -0.3 is 10.6 Å². The Morgan fingerprint density at radius 3 is 2.38 bits per heavy atom. The van der Waals surface area contributed by atoms with Crippen LogP contribution < -0.4 is 10.6 Å². The fourth-order valence-corrected chi connectivity index (χ4v) is 2.34. The van der Waals surface area contributed by atoms with E-state index in [2.05, 4.69) is 10.6 Å². The van der Waals surface area contributed by atoms with E-state index in [9.17, 15) is 14.0 Å². The van der Waals surface area contributed by atoms with E-state index in [-0.39, 0.29) is 17.4 Å². The Balaban J connectivity index is 2.13. The molecule has 2 amide bonds. The monoisotopic (exact) mass is 328 g/mol. The molecule has 126 valence electrons. The molecule has 0 radical (unpaired) electrons. The molecule has 0 spiro atoms. The van der Waals surface area contributed by atoms with Gasteiger partial charge >= 0.3 is 0 Å². The van der Waals surface area contributed by atoms with Crippen LogP contribution in [0.5, 0.6) is 0 Å². The molecular weight excluding hydrogens is 307 g/mol. The van der Waals surface area contributed by atoms with Gasteiger partial charge in [0.15, 0.2) is 0 Å². The maximum Gasteiger partial charge on any atom is 0.254 e. The van der Waals surface area contributed by atoms with Gasteiger partial charge in [-0.1, -0.05) is 38.1 Å². The summed E-state index contributed by atoms with van der Waals surface area (Å²) >= 11 is 0. The second-order valence-corrected chi connectivity index (χ2v) is 6.03. The number of rotatable bonds is 5. The molecule has 0 aliphatic rings. The Bertz CT molecular complexity index is 744. The van der Waals surface area contributed by atoms with Crippen molar-refractivity contribution in [1.29, 1.82) is 0 Å². The average molecular weight is 328 g/mol. The number of nitrogens with one attached hydrogen (secondary N) is 2. The third-order valence-electron chi connectivity index (χ3n) is 3.64. The first-order valence-electron chi connectivity index (χ1n) is 7.81. The quantitative estimate of drug-likeness (QED) is 0.882. The van der Waals surface area contributed by atoms with Gasteiger partial charge in [0.2, 0.25) is 5.91 Å². The predicted molar refractivity (Wildman–Crippen MR) is 92.3 cm³/mol. The molecule has 0 fully saturated rings. The third kappa shape index (κ3) is 4.41. The van der Waals surface area contributed by atoms with Crippen LogP contribution in [-0.2, 0) is 4.79 Å². The van der Waals surface area contributed by atoms with Gasteiger partial charge in [0.1, 0.15) is 11.9 Å². The van der Waals surface area contributed by atoms with Crippen LogP contribution in [0.3, 0.4) is 0 Å². The maximum atomic E-state index is 13.7. The SMILES string of the molecule is Cc1cccc(NC(=O)[C@@H](NC(=O)c2ccccc2F)C(C)C)c1. The van der Waals surface area contributed by atoms with Gasteiger partial charge in [-0.05, 0) is 42.7 Å². The van der Waals surface area contributed by atoms with Crippen LogP contribution in [0, 0.1) is 18.7 Å². The summed E-state index contributed by atoms with van der Waals surface area (Å²) in [4.78, 5) is 24.8. The lowest BCUT2D eigenvalue weighted by atomic mass is 10.0. The number of anilines is 1. The first-order valence-corrected chi connectivity index (χ1v) is 7.81. The molecule has 0 heterocycles. The number of amides is 2. The van der Waals surface area contributed by atoms with Crippen LogP contribution in [0.25, 0.3) is 0 Å². The zero-order valence-electron chi connectivity index (χ0n) is 14.0.